The minimum Gasteiger partial charge on any atom is -0.497 e. The third-order valence-electron chi connectivity index (χ3n) is 9.19. The monoisotopic (exact) mass is 986 g/mol. The lowest BCUT2D eigenvalue weighted by Gasteiger charge is -2.09. The zero-order valence-electron chi connectivity index (χ0n) is 41.0. The third kappa shape index (κ3) is 32.2. The van der Waals surface area contributed by atoms with Crippen molar-refractivity contribution in [3.63, 3.8) is 0 Å². The van der Waals surface area contributed by atoms with Gasteiger partial charge in [0.25, 0.3) is 0 Å². The van der Waals surface area contributed by atoms with Crippen molar-refractivity contribution < 1.29 is 85.4 Å². The summed E-state index contributed by atoms with van der Waals surface area (Å²) in [5.41, 5.74) is 3.23. The first kappa shape index (κ1) is 59.5. The molecule has 18 nitrogen and oxygen atoms in total. The Kier molecular flexibility index (Phi) is 35.6. The van der Waals surface area contributed by atoms with Crippen molar-refractivity contribution in [3.05, 3.63) is 96.6 Å². The van der Waals surface area contributed by atoms with E-state index in [0.29, 0.717) is 176 Å². The molecule has 70 heavy (non-hydrogen) atoms. The normalized spacial score (nSPS) is 11.3. The van der Waals surface area contributed by atoms with Crippen molar-refractivity contribution in [2.24, 2.45) is 0 Å². The molecule has 0 radical (unpaired) electrons. The van der Waals surface area contributed by atoms with Crippen molar-refractivity contribution in [2.75, 3.05) is 179 Å². The van der Waals surface area contributed by atoms with Gasteiger partial charge in [0.15, 0.2) is 0 Å². The lowest BCUT2D eigenvalue weighted by atomic mass is 10.1. The van der Waals surface area contributed by atoms with Gasteiger partial charge in [-0.1, -0.05) is 43.0 Å². The van der Waals surface area contributed by atoms with Gasteiger partial charge in [0.05, 0.1) is 166 Å². The first-order chi connectivity index (χ1) is 34.4. The van der Waals surface area contributed by atoms with Gasteiger partial charge in [-0.05, 0) is 66.1 Å². The molecule has 3 aromatic rings. The second-order valence-corrected chi connectivity index (χ2v) is 14.7. The first-order valence-corrected chi connectivity index (χ1v) is 23.6. The highest BCUT2D eigenvalue weighted by atomic mass is 16.6. The second kappa shape index (κ2) is 41.9. The molecule has 0 unspecified atom stereocenters. The third-order valence-corrected chi connectivity index (χ3v) is 9.19. The standard InChI is InChI=1S/C52H74O18/c1-44(2)52(54)69-43-41-67-39-37-65-35-33-63-31-29-61-27-25-59-23-21-57-19-18-56-20-22-58-24-26-60-28-30-62-32-34-64-36-38-66-40-42-68-49-13-7-46(8-14-49)47-9-15-50(16-10-47)70-51(53)17-6-45-4-11-48(55-3)12-5-45/h4-17H,1,18-43H2,2-3H3/b17-6+. The Morgan fingerprint density at radius 3 is 1.03 bits per heavy atom. The molecule has 0 aliphatic heterocycles. The highest BCUT2D eigenvalue weighted by molar-refractivity contribution is 5.89. The molecule has 0 heterocycles. The molecule has 0 bridgehead atoms. The number of hydrogen-bond acceptors (Lipinski definition) is 18. The first-order valence-electron chi connectivity index (χ1n) is 23.6. The maximum atomic E-state index is 12.3. The molecule has 0 amide bonds. The fourth-order valence-electron chi connectivity index (χ4n) is 5.54. The van der Waals surface area contributed by atoms with Crippen LogP contribution in [0, 0.1) is 0 Å². The predicted molar refractivity (Wildman–Crippen MR) is 261 cm³/mol. The molecule has 0 atom stereocenters. The van der Waals surface area contributed by atoms with Crippen LogP contribution in [0.25, 0.3) is 17.2 Å². The maximum absolute atomic E-state index is 12.3. The molecule has 0 fully saturated rings. The van der Waals surface area contributed by atoms with Crippen molar-refractivity contribution in [3.8, 4) is 28.4 Å². The molecule has 0 saturated carbocycles. The van der Waals surface area contributed by atoms with Crippen LogP contribution >= 0.6 is 0 Å². The molecule has 0 aliphatic rings. The van der Waals surface area contributed by atoms with E-state index >= 15 is 0 Å². The smallest absolute Gasteiger partial charge is 0.336 e. The van der Waals surface area contributed by atoms with E-state index in [1.54, 1.807) is 32.2 Å². The molecular formula is C52H74O18. The van der Waals surface area contributed by atoms with Crippen LogP contribution < -0.4 is 14.2 Å². The lowest BCUT2D eigenvalue weighted by Crippen LogP contribution is -2.16. The Labute approximate surface area is 413 Å². The van der Waals surface area contributed by atoms with E-state index < -0.39 is 11.9 Å². The molecule has 0 saturated heterocycles. The number of carbonyl (C=O) groups is 2. The topological polar surface area (TPSA) is 182 Å². The predicted octanol–water partition coefficient (Wildman–Crippen LogP) is 5.68. The van der Waals surface area contributed by atoms with Crippen LogP contribution in [0.5, 0.6) is 17.2 Å². The summed E-state index contributed by atoms with van der Waals surface area (Å²) in [4.78, 5) is 23.5. The summed E-state index contributed by atoms with van der Waals surface area (Å²) in [5, 5.41) is 0. The molecule has 0 N–H and O–H groups in total. The Hall–Kier alpha value is -4.80. The number of methoxy groups -OCH3 is 1. The van der Waals surface area contributed by atoms with Gasteiger partial charge in [-0.2, -0.15) is 0 Å². The molecule has 0 aromatic heterocycles. The van der Waals surface area contributed by atoms with Gasteiger partial charge >= 0.3 is 11.9 Å². The summed E-state index contributed by atoms with van der Waals surface area (Å²) in [5.74, 6) is 1.08. The average molecular weight is 987 g/mol. The van der Waals surface area contributed by atoms with Crippen LogP contribution in [0.4, 0.5) is 0 Å². The summed E-state index contributed by atoms with van der Waals surface area (Å²) in [6, 6.07) is 22.5. The summed E-state index contributed by atoms with van der Waals surface area (Å²) < 4.78 is 87.2. The molecule has 3 aromatic carbocycles. The van der Waals surface area contributed by atoms with E-state index in [1.807, 2.05) is 60.7 Å². The zero-order chi connectivity index (χ0) is 49.8. The Morgan fingerprint density at radius 2 is 0.700 bits per heavy atom. The van der Waals surface area contributed by atoms with Crippen LogP contribution in [-0.4, -0.2) is 191 Å². The van der Waals surface area contributed by atoms with Gasteiger partial charge in [0, 0.05) is 11.6 Å². The van der Waals surface area contributed by atoms with E-state index in [2.05, 4.69) is 6.58 Å². The van der Waals surface area contributed by atoms with Crippen LogP contribution in [0.15, 0.2) is 91.0 Å². The summed E-state index contributed by atoms with van der Waals surface area (Å²) >= 11 is 0. The van der Waals surface area contributed by atoms with Crippen LogP contribution in [0.1, 0.15) is 12.5 Å². The van der Waals surface area contributed by atoms with Crippen LogP contribution in [-0.2, 0) is 71.2 Å². The van der Waals surface area contributed by atoms with Crippen molar-refractivity contribution in [1.29, 1.82) is 0 Å². The van der Waals surface area contributed by atoms with Crippen LogP contribution in [0.2, 0.25) is 0 Å². The van der Waals surface area contributed by atoms with Crippen molar-refractivity contribution in [1.82, 2.24) is 0 Å². The van der Waals surface area contributed by atoms with Crippen molar-refractivity contribution >= 4 is 18.0 Å². The quantitative estimate of drug-likeness (QED) is 0.0292. The minimum atomic E-state index is -0.457. The number of ether oxygens (including phenoxy) is 16. The molecule has 0 spiro atoms. The Balaban J connectivity index is 0.963. The maximum Gasteiger partial charge on any atom is 0.336 e. The lowest BCUT2D eigenvalue weighted by molar-refractivity contribution is -0.140. The second-order valence-electron chi connectivity index (χ2n) is 14.7. The highest BCUT2D eigenvalue weighted by Crippen LogP contribution is 2.25. The number of benzene rings is 3. The van der Waals surface area contributed by atoms with Gasteiger partial charge in [0.2, 0.25) is 0 Å². The van der Waals surface area contributed by atoms with Crippen LogP contribution in [0.3, 0.4) is 0 Å². The minimum absolute atomic E-state index is 0.191. The van der Waals surface area contributed by atoms with E-state index in [4.69, 9.17) is 75.8 Å². The van der Waals surface area contributed by atoms with Gasteiger partial charge in [-0.15, -0.1) is 0 Å². The fourth-order valence-corrected chi connectivity index (χ4v) is 5.54. The molecule has 0 aliphatic carbocycles. The van der Waals surface area contributed by atoms with Gasteiger partial charge < -0.3 is 75.8 Å². The van der Waals surface area contributed by atoms with Gasteiger partial charge in [-0.3, -0.25) is 0 Å². The summed E-state index contributed by atoms with van der Waals surface area (Å²) in [7, 11) is 1.61. The Morgan fingerprint density at radius 1 is 0.400 bits per heavy atom. The molecule has 3 rings (SSSR count). The molecule has 18 heteroatoms. The SMILES string of the molecule is C=C(C)C(=O)OCCOCCOCCOCCOCCOCCOCCOCCOCCOCCOCCOCCOCCOc1ccc(-c2ccc(OC(=O)/C=C/c3ccc(OC)cc3)cc2)cc1. The summed E-state index contributed by atoms with van der Waals surface area (Å²) in [6.45, 7) is 16.8. The van der Waals surface area contributed by atoms with E-state index in [9.17, 15) is 9.59 Å². The van der Waals surface area contributed by atoms with Gasteiger partial charge in [-0.25, -0.2) is 9.59 Å². The van der Waals surface area contributed by atoms with E-state index in [1.165, 1.54) is 6.08 Å². The Bertz CT molecular complexity index is 1770. The summed E-state index contributed by atoms with van der Waals surface area (Å²) in [6.07, 6.45) is 3.09. The average Bonchev–Trinajstić information content (AvgIpc) is 3.38. The number of esters is 2. The number of rotatable bonds is 46. The van der Waals surface area contributed by atoms with Gasteiger partial charge in [0.1, 0.15) is 30.5 Å². The number of carbonyl (C=O) groups excluding carboxylic acids is 2. The largest absolute Gasteiger partial charge is 0.497 e. The van der Waals surface area contributed by atoms with E-state index in [-0.39, 0.29) is 6.61 Å². The fraction of sp³-hybridized carbons (Fsp3) is 0.538. The zero-order valence-corrected chi connectivity index (χ0v) is 41.0. The molecule has 390 valence electrons. The number of hydrogen-bond donors (Lipinski definition) is 0. The molecular weight excluding hydrogens is 913 g/mol. The van der Waals surface area contributed by atoms with E-state index in [0.717, 1.165) is 28.2 Å². The van der Waals surface area contributed by atoms with Crippen molar-refractivity contribution in [2.45, 2.75) is 6.92 Å². The highest BCUT2D eigenvalue weighted by Gasteiger charge is 2.05.